The van der Waals surface area contributed by atoms with E-state index in [2.05, 4.69) is 10.3 Å². The molecule has 1 aliphatic rings. The molecule has 7 heteroatoms. The van der Waals surface area contributed by atoms with Crippen LogP contribution in [0.4, 0.5) is 11.4 Å². The summed E-state index contributed by atoms with van der Waals surface area (Å²) in [7, 11) is 0. The quantitative estimate of drug-likeness (QED) is 0.663. The van der Waals surface area contributed by atoms with Gasteiger partial charge in [-0.2, -0.15) is 5.26 Å². The lowest BCUT2D eigenvalue weighted by atomic mass is 9.83. The maximum absolute atomic E-state index is 12.7. The topological polar surface area (TPSA) is 108 Å². The van der Waals surface area contributed by atoms with Crippen molar-refractivity contribution in [2.45, 2.75) is 25.8 Å². The number of anilines is 1. The van der Waals surface area contributed by atoms with Crippen LogP contribution in [0, 0.1) is 27.4 Å². The summed E-state index contributed by atoms with van der Waals surface area (Å²) in [6.07, 6.45) is 0.731. The van der Waals surface area contributed by atoms with Gasteiger partial charge in [-0.15, -0.1) is 0 Å². The number of nitriles is 1. The number of hydrogen-bond acceptors (Lipinski definition) is 5. The van der Waals surface area contributed by atoms with Crippen LogP contribution >= 0.6 is 0 Å². The van der Waals surface area contributed by atoms with Gasteiger partial charge in [-0.05, 0) is 38.0 Å². The van der Waals surface area contributed by atoms with E-state index in [1.54, 1.807) is 0 Å². The highest BCUT2D eigenvalue weighted by atomic mass is 16.6. The Morgan fingerprint density at radius 2 is 1.93 bits per heavy atom. The van der Waals surface area contributed by atoms with Crippen LogP contribution in [0.3, 0.4) is 0 Å². The molecule has 0 fully saturated rings. The minimum atomic E-state index is -1.08. The van der Waals surface area contributed by atoms with Crippen LogP contribution in [0.5, 0.6) is 0 Å². The monoisotopic (exact) mass is 362 g/mol. The molecule has 0 saturated carbocycles. The number of amides is 1. The summed E-state index contributed by atoms with van der Waals surface area (Å²) in [5, 5.41) is 23.0. The van der Waals surface area contributed by atoms with E-state index in [1.165, 1.54) is 24.3 Å². The summed E-state index contributed by atoms with van der Waals surface area (Å²) < 4.78 is 0. The summed E-state index contributed by atoms with van der Waals surface area (Å²) in [5.41, 5.74) is 2.21. The summed E-state index contributed by atoms with van der Waals surface area (Å²) in [6, 6.07) is 15.2. The van der Waals surface area contributed by atoms with Gasteiger partial charge in [-0.1, -0.05) is 24.3 Å². The Balaban J connectivity index is 1.90. The smallest absolute Gasteiger partial charge is 0.269 e. The molecule has 3 rings (SSSR count). The van der Waals surface area contributed by atoms with Crippen LogP contribution in [0.1, 0.15) is 25.0 Å². The Kier molecular flexibility index (Phi) is 4.74. The number of nitrogens with zero attached hydrogens (tertiary/aromatic N) is 3. The molecule has 1 unspecified atom stereocenters. The number of benzene rings is 2. The minimum absolute atomic E-state index is 0.0721. The SMILES string of the molecule is CC1(C)Cc2ccccc2C(C(C#N)C(=O)Nc2ccc([N+](=O)[O-])cc2)=N1. The predicted molar refractivity (Wildman–Crippen MR) is 102 cm³/mol. The standard InChI is InChI=1S/C20H18N4O3/c1-20(2)11-13-5-3-4-6-16(13)18(23-20)17(12-21)19(25)22-14-7-9-15(10-8-14)24(26)27/h3-10,17H,11H2,1-2H3,(H,22,25). The number of nitro groups is 1. The van der Waals surface area contributed by atoms with Crippen molar-refractivity contribution in [3.05, 3.63) is 69.8 Å². The molecule has 136 valence electrons. The molecule has 0 aliphatic carbocycles. The van der Waals surface area contributed by atoms with Gasteiger partial charge in [0, 0.05) is 23.4 Å². The van der Waals surface area contributed by atoms with Crippen molar-refractivity contribution in [3.63, 3.8) is 0 Å². The van der Waals surface area contributed by atoms with E-state index in [9.17, 15) is 20.2 Å². The second-order valence-electron chi connectivity index (χ2n) is 7.00. The van der Waals surface area contributed by atoms with E-state index in [1.807, 2.05) is 44.2 Å². The van der Waals surface area contributed by atoms with Gasteiger partial charge in [0.15, 0.2) is 5.92 Å². The third kappa shape index (κ3) is 3.85. The summed E-state index contributed by atoms with van der Waals surface area (Å²) in [6.45, 7) is 3.93. The van der Waals surface area contributed by atoms with Crippen LogP contribution in [0.15, 0.2) is 53.5 Å². The first-order valence-corrected chi connectivity index (χ1v) is 8.44. The lowest BCUT2D eigenvalue weighted by Gasteiger charge is -2.30. The average molecular weight is 362 g/mol. The van der Waals surface area contributed by atoms with Crippen LogP contribution < -0.4 is 5.32 Å². The second kappa shape index (κ2) is 7.00. The van der Waals surface area contributed by atoms with Gasteiger partial charge in [0.1, 0.15) is 0 Å². The van der Waals surface area contributed by atoms with Gasteiger partial charge in [-0.25, -0.2) is 0 Å². The molecule has 1 atom stereocenters. The predicted octanol–water partition coefficient (Wildman–Crippen LogP) is 3.50. The van der Waals surface area contributed by atoms with E-state index in [4.69, 9.17) is 0 Å². The maximum atomic E-state index is 12.7. The first-order valence-electron chi connectivity index (χ1n) is 8.44. The van der Waals surface area contributed by atoms with Gasteiger partial charge in [0.2, 0.25) is 5.91 Å². The van der Waals surface area contributed by atoms with Crippen molar-refractivity contribution in [3.8, 4) is 6.07 Å². The minimum Gasteiger partial charge on any atom is -0.325 e. The van der Waals surface area contributed by atoms with E-state index in [-0.39, 0.29) is 5.69 Å². The number of aliphatic imine (C=N–C) groups is 1. The fourth-order valence-corrected chi connectivity index (χ4v) is 3.16. The average Bonchev–Trinajstić information content (AvgIpc) is 2.61. The molecule has 2 aromatic rings. The van der Waals surface area contributed by atoms with Gasteiger partial charge in [0.25, 0.3) is 5.69 Å². The molecule has 1 aliphatic heterocycles. The van der Waals surface area contributed by atoms with Crippen LogP contribution in [-0.2, 0) is 11.2 Å². The normalized spacial score (nSPS) is 15.7. The van der Waals surface area contributed by atoms with E-state index in [0.717, 1.165) is 17.5 Å². The molecule has 0 radical (unpaired) electrons. The Morgan fingerprint density at radius 1 is 1.26 bits per heavy atom. The molecule has 0 saturated heterocycles. The molecule has 0 aromatic heterocycles. The molecule has 1 heterocycles. The van der Waals surface area contributed by atoms with Crippen molar-refractivity contribution in [1.82, 2.24) is 0 Å². The van der Waals surface area contributed by atoms with Crippen LogP contribution in [0.25, 0.3) is 0 Å². The molecular formula is C20H18N4O3. The Labute approximate surface area is 156 Å². The zero-order valence-electron chi connectivity index (χ0n) is 15.0. The van der Waals surface area contributed by atoms with Gasteiger partial charge < -0.3 is 5.32 Å². The van der Waals surface area contributed by atoms with Gasteiger partial charge >= 0.3 is 0 Å². The van der Waals surface area contributed by atoms with Crippen LogP contribution in [0.2, 0.25) is 0 Å². The third-order valence-electron chi connectivity index (χ3n) is 4.35. The zero-order chi connectivity index (χ0) is 19.6. The number of non-ortho nitro benzene ring substituents is 1. The zero-order valence-corrected chi connectivity index (χ0v) is 15.0. The largest absolute Gasteiger partial charge is 0.325 e. The molecule has 7 nitrogen and oxygen atoms in total. The molecular weight excluding hydrogens is 344 g/mol. The number of hydrogen-bond donors (Lipinski definition) is 1. The molecule has 2 aromatic carbocycles. The first kappa shape index (κ1) is 18.3. The summed E-state index contributed by atoms with van der Waals surface area (Å²) in [4.78, 5) is 27.6. The lowest BCUT2D eigenvalue weighted by molar-refractivity contribution is -0.384. The molecule has 27 heavy (non-hydrogen) atoms. The number of carbonyl (C=O) groups is 1. The van der Waals surface area contributed by atoms with E-state index < -0.39 is 22.3 Å². The third-order valence-corrected chi connectivity index (χ3v) is 4.35. The number of nitro benzene ring substituents is 1. The lowest BCUT2D eigenvalue weighted by Crippen LogP contribution is -2.36. The van der Waals surface area contributed by atoms with Crippen molar-refractivity contribution >= 4 is 23.0 Å². The maximum Gasteiger partial charge on any atom is 0.269 e. The van der Waals surface area contributed by atoms with E-state index >= 15 is 0 Å². The summed E-state index contributed by atoms with van der Waals surface area (Å²) in [5.74, 6) is -1.60. The molecule has 1 amide bonds. The highest BCUT2D eigenvalue weighted by molar-refractivity contribution is 6.19. The Morgan fingerprint density at radius 3 is 2.56 bits per heavy atom. The van der Waals surface area contributed by atoms with Crippen molar-refractivity contribution in [2.24, 2.45) is 10.9 Å². The molecule has 0 spiro atoms. The van der Waals surface area contributed by atoms with Crippen molar-refractivity contribution in [2.75, 3.05) is 5.32 Å². The summed E-state index contributed by atoms with van der Waals surface area (Å²) >= 11 is 0. The first-order chi connectivity index (χ1) is 12.8. The van der Waals surface area contributed by atoms with Crippen LogP contribution in [-0.4, -0.2) is 22.1 Å². The van der Waals surface area contributed by atoms with E-state index in [0.29, 0.717) is 11.4 Å². The Hall–Kier alpha value is -3.53. The highest BCUT2D eigenvalue weighted by Crippen LogP contribution is 2.29. The number of carbonyl (C=O) groups excluding carboxylic acids is 1. The number of fused-ring (bicyclic) bond motifs is 1. The fraction of sp³-hybridized carbons (Fsp3) is 0.250. The Bertz CT molecular complexity index is 971. The van der Waals surface area contributed by atoms with Gasteiger partial charge in [-0.3, -0.25) is 19.9 Å². The highest BCUT2D eigenvalue weighted by Gasteiger charge is 2.33. The molecule has 1 N–H and O–H groups in total. The number of rotatable bonds is 4. The van der Waals surface area contributed by atoms with Gasteiger partial charge in [0.05, 0.1) is 22.2 Å². The molecule has 0 bridgehead atoms. The number of nitrogens with one attached hydrogen (secondary N) is 1. The van der Waals surface area contributed by atoms with Crippen molar-refractivity contribution in [1.29, 1.82) is 5.26 Å². The second-order valence-corrected chi connectivity index (χ2v) is 7.00. The van der Waals surface area contributed by atoms with Crippen molar-refractivity contribution < 1.29 is 9.72 Å². The fourth-order valence-electron chi connectivity index (χ4n) is 3.16.